The molecule has 0 fully saturated rings. The zero-order chi connectivity index (χ0) is 8.20. The number of rotatable bonds is 4. The van der Waals surface area contributed by atoms with Crippen LogP contribution >= 0.6 is 11.2 Å². The van der Waals surface area contributed by atoms with Gasteiger partial charge in [0.05, 0.1) is 6.42 Å². The van der Waals surface area contributed by atoms with Crippen LogP contribution in [0.1, 0.15) is 6.42 Å². The van der Waals surface area contributed by atoms with E-state index in [0.29, 0.717) is 6.42 Å². The lowest BCUT2D eigenvalue weighted by Crippen LogP contribution is -2.15. The van der Waals surface area contributed by atoms with Crippen LogP contribution in [0, 0.1) is 0 Å². The van der Waals surface area contributed by atoms with Crippen molar-refractivity contribution >= 4 is 24.4 Å². The summed E-state index contributed by atoms with van der Waals surface area (Å²) in [7, 11) is -1.07. The van der Waals surface area contributed by atoms with Crippen molar-refractivity contribution < 1.29 is 9.90 Å². The fourth-order valence-electron chi connectivity index (χ4n) is 0.445. The van der Waals surface area contributed by atoms with Gasteiger partial charge in [-0.1, -0.05) is 19.6 Å². The van der Waals surface area contributed by atoms with Crippen molar-refractivity contribution in [1.29, 1.82) is 0 Å². The predicted octanol–water partition coefficient (Wildman–Crippen LogP) is 2.03. The Morgan fingerprint density at radius 2 is 2.00 bits per heavy atom. The van der Waals surface area contributed by atoms with Crippen LogP contribution in [0.2, 0.25) is 19.6 Å². The van der Waals surface area contributed by atoms with Crippen LogP contribution in [0.4, 0.5) is 0 Å². The van der Waals surface area contributed by atoms with Gasteiger partial charge in [-0.15, -0.1) is 0 Å². The summed E-state index contributed by atoms with van der Waals surface area (Å²) in [5, 5.41) is 8.31. The molecule has 0 saturated heterocycles. The highest BCUT2D eigenvalue weighted by atomic mass is 32.4. The monoisotopic (exact) mass is 178 g/mol. The molecule has 0 aromatic rings. The molecule has 10 heavy (non-hydrogen) atoms. The third-order valence-corrected chi connectivity index (χ3v) is 5.34. The summed E-state index contributed by atoms with van der Waals surface area (Å²) in [4.78, 5) is 10.1. The van der Waals surface area contributed by atoms with Crippen LogP contribution in [0.25, 0.3) is 0 Å². The highest BCUT2D eigenvalue weighted by Gasteiger charge is 2.13. The van der Waals surface area contributed by atoms with Crippen LogP contribution in [0.15, 0.2) is 0 Å². The molecular weight excluding hydrogens is 164 g/mol. The second kappa shape index (κ2) is 4.03. The van der Waals surface area contributed by atoms with Crippen LogP contribution in [-0.4, -0.2) is 24.1 Å². The minimum atomic E-state index is -1.07. The van der Waals surface area contributed by atoms with E-state index in [0.717, 1.165) is 5.75 Å². The highest BCUT2D eigenvalue weighted by molar-refractivity contribution is 8.28. The zero-order valence-corrected chi connectivity index (χ0v) is 8.49. The number of carboxylic acid groups (broad SMARTS) is 1. The molecule has 0 aromatic carbocycles. The normalized spacial score (nSPS) is 11.5. The lowest BCUT2D eigenvalue weighted by molar-refractivity contribution is -0.136. The van der Waals surface area contributed by atoms with Gasteiger partial charge in [0, 0.05) is 0 Å². The minimum absolute atomic E-state index is 0.301. The first-order chi connectivity index (χ1) is 4.42. The molecular formula is C6H14O2SSi. The van der Waals surface area contributed by atoms with E-state index in [2.05, 4.69) is 19.6 Å². The maximum Gasteiger partial charge on any atom is 0.304 e. The lowest BCUT2D eigenvalue weighted by atomic mass is 10.5. The number of aliphatic carboxylic acids is 1. The smallest absolute Gasteiger partial charge is 0.304 e. The summed E-state index contributed by atoms with van der Waals surface area (Å²) >= 11 is 1.82. The molecule has 0 bridgehead atoms. The first kappa shape index (κ1) is 10.0. The van der Waals surface area contributed by atoms with Gasteiger partial charge in [0.2, 0.25) is 0 Å². The third kappa shape index (κ3) is 8.04. The zero-order valence-electron chi connectivity index (χ0n) is 6.68. The molecule has 0 spiro atoms. The SMILES string of the molecule is C[Si](C)(C)SCCC(=O)O. The van der Waals surface area contributed by atoms with Crippen molar-refractivity contribution in [1.82, 2.24) is 0 Å². The topological polar surface area (TPSA) is 37.3 Å². The van der Waals surface area contributed by atoms with E-state index in [1.54, 1.807) is 0 Å². The van der Waals surface area contributed by atoms with Gasteiger partial charge in [-0.3, -0.25) is 4.79 Å². The van der Waals surface area contributed by atoms with Crippen molar-refractivity contribution in [2.24, 2.45) is 0 Å². The lowest BCUT2D eigenvalue weighted by Gasteiger charge is -2.13. The van der Waals surface area contributed by atoms with Gasteiger partial charge in [-0.2, -0.15) is 11.2 Å². The predicted molar refractivity (Wildman–Crippen MR) is 48.1 cm³/mol. The summed E-state index contributed by atoms with van der Waals surface area (Å²) in [5.74, 6) is 0.0798. The van der Waals surface area contributed by atoms with Crippen LogP contribution in [-0.2, 0) is 4.79 Å². The Morgan fingerprint density at radius 3 is 2.30 bits per heavy atom. The molecule has 0 saturated carbocycles. The van der Waals surface area contributed by atoms with E-state index in [1.807, 2.05) is 11.2 Å². The average molecular weight is 178 g/mol. The quantitative estimate of drug-likeness (QED) is 0.669. The standard InChI is InChI=1S/C6H14O2SSi/c1-10(2,3)9-5-4-6(7)8/h4-5H2,1-3H3,(H,7,8). The maximum atomic E-state index is 10.1. The van der Waals surface area contributed by atoms with Gasteiger partial charge in [0.25, 0.3) is 0 Å². The van der Waals surface area contributed by atoms with Crippen LogP contribution < -0.4 is 0 Å². The first-order valence-corrected chi connectivity index (χ1v) is 8.48. The summed E-state index contributed by atoms with van der Waals surface area (Å²) in [6.07, 6.45) is 0.301. The Kier molecular flexibility index (Phi) is 4.04. The molecule has 2 nitrogen and oxygen atoms in total. The molecule has 0 amide bonds. The van der Waals surface area contributed by atoms with Crippen molar-refractivity contribution in [3.05, 3.63) is 0 Å². The Morgan fingerprint density at radius 1 is 1.50 bits per heavy atom. The summed E-state index contributed by atoms with van der Waals surface area (Å²) in [6, 6.07) is 0. The molecule has 1 N–H and O–H groups in total. The van der Waals surface area contributed by atoms with Gasteiger partial charge < -0.3 is 5.11 Å². The molecule has 60 valence electrons. The Labute approximate surface area is 66.7 Å². The average Bonchev–Trinajstić information content (AvgIpc) is 1.59. The van der Waals surface area contributed by atoms with E-state index in [1.165, 1.54) is 0 Å². The summed E-state index contributed by atoms with van der Waals surface area (Å²) < 4.78 is 0. The van der Waals surface area contributed by atoms with Crippen molar-refractivity contribution in [2.75, 3.05) is 5.75 Å². The second-order valence-corrected chi connectivity index (χ2v) is 12.6. The fraction of sp³-hybridized carbons (Fsp3) is 0.833. The Hall–Kier alpha value is 0.0369. The number of carbonyl (C=O) groups is 1. The molecule has 4 heteroatoms. The van der Waals surface area contributed by atoms with Gasteiger partial charge >= 0.3 is 5.97 Å². The molecule has 0 atom stereocenters. The first-order valence-electron chi connectivity index (χ1n) is 3.27. The fourth-order valence-corrected chi connectivity index (χ4v) is 3.48. The van der Waals surface area contributed by atoms with E-state index in [-0.39, 0.29) is 0 Å². The van der Waals surface area contributed by atoms with E-state index >= 15 is 0 Å². The molecule has 0 heterocycles. The maximum absolute atomic E-state index is 10.1. The van der Waals surface area contributed by atoms with Gasteiger partial charge in [0.1, 0.15) is 7.22 Å². The van der Waals surface area contributed by atoms with E-state index in [9.17, 15) is 4.79 Å². The molecule has 0 aromatic heterocycles. The molecule has 0 aliphatic carbocycles. The van der Waals surface area contributed by atoms with Crippen molar-refractivity contribution in [3.63, 3.8) is 0 Å². The summed E-state index contributed by atoms with van der Waals surface area (Å²) in [5.41, 5.74) is 0. The molecule has 0 aliphatic rings. The second-order valence-electron chi connectivity index (χ2n) is 3.10. The number of hydrogen-bond donors (Lipinski definition) is 1. The molecule has 0 radical (unpaired) electrons. The molecule has 0 rings (SSSR count). The van der Waals surface area contributed by atoms with Gasteiger partial charge in [-0.05, 0) is 5.75 Å². The number of carboxylic acids is 1. The van der Waals surface area contributed by atoms with Crippen LogP contribution in [0.5, 0.6) is 0 Å². The molecule has 0 unspecified atom stereocenters. The van der Waals surface area contributed by atoms with Gasteiger partial charge in [-0.25, -0.2) is 0 Å². The van der Waals surface area contributed by atoms with E-state index in [4.69, 9.17) is 5.11 Å². The van der Waals surface area contributed by atoms with E-state index < -0.39 is 13.2 Å². The third-order valence-electron chi connectivity index (χ3n) is 0.851. The van der Waals surface area contributed by atoms with Crippen molar-refractivity contribution in [3.8, 4) is 0 Å². The Bertz CT molecular complexity index is 119. The largest absolute Gasteiger partial charge is 0.481 e. The number of hydrogen-bond acceptors (Lipinski definition) is 2. The van der Waals surface area contributed by atoms with Gasteiger partial charge in [0.15, 0.2) is 0 Å². The minimum Gasteiger partial charge on any atom is -0.481 e. The molecule has 0 aliphatic heterocycles. The van der Waals surface area contributed by atoms with Crippen molar-refractivity contribution in [2.45, 2.75) is 26.1 Å². The highest BCUT2D eigenvalue weighted by Crippen LogP contribution is 2.19. The summed E-state index contributed by atoms with van der Waals surface area (Å²) in [6.45, 7) is 6.67. The van der Waals surface area contributed by atoms with Crippen LogP contribution in [0.3, 0.4) is 0 Å². The Balaban J connectivity index is 3.29.